The maximum atomic E-state index is 12.9. The Morgan fingerprint density at radius 2 is 1.95 bits per heavy atom. The average molecular weight is 286 g/mol. The van der Waals surface area contributed by atoms with Gasteiger partial charge in [-0.05, 0) is 50.7 Å². The van der Waals surface area contributed by atoms with E-state index in [-0.39, 0.29) is 11.3 Å². The summed E-state index contributed by atoms with van der Waals surface area (Å²) in [5, 5.41) is 0. The van der Waals surface area contributed by atoms with Gasteiger partial charge < -0.3 is 4.90 Å². The molecule has 3 heteroatoms. The molecular formula is C18H26N2O. The fourth-order valence-corrected chi connectivity index (χ4v) is 3.71. The molecule has 3 heterocycles. The highest BCUT2D eigenvalue weighted by atomic mass is 16.2. The van der Waals surface area contributed by atoms with Crippen molar-refractivity contribution in [2.75, 3.05) is 0 Å². The Morgan fingerprint density at radius 1 is 1.29 bits per heavy atom. The first-order valence-electron chi connectivity index (χ1n) is 8.32. The number of piperidine rings is 1. The Hall–Kier alpha value is -1.38. The van der Waals surface area contributed by atoms with Gasteiger partial charge in [0, 0.05) is 35.0 Å². The van der Waals surface area contributed by atoms with Crippen LogP contribution in [0.4, 0.5) is 0 Å². The summed E-state index contributed by atoms with van der Waals surface area (Å²) >= 11 is 0. The van der Waals surface area contributed by atoms with Crippen molar-refractivity contribution < 1.29 is 4.79 Å². The molecule has 0 spiro atoms. The third-order valence-corrected chi connectivity index (χ3v) is 5.51. The van der Waals surface area contributed by atoms with E-state index >= 15 is 0 Å². The van der Waals surface area contributed by atoms with Gasteiger partial charge in [0.1, 0.15) is 0 Å². The number of carbonyl (C=O) groups is 1. The average Bonchev–Trinajstić information content (AvgIpc) is 2.75. The molecule has 2 bridgehead atoms. The van der Waals surface area contributed by atoms with Crippen molar-refractivity contribution in [2.24, 2.45) is 0 Å². The van der Waals surface area contributed by atoms with Crippen LogP contribution in [0.2, 0.25) is 0 Å². The van der Waals surface area contributed by atoms with Gasteiger partial charge in [0.2, 0.25) is 0 Å². The zero-order valence-electron chi connectivity index (χ0n) is 13.4. The predicted molar refractivity (Wildman–Crippen MR) is 84.4 cm³/mol. The van der Waals surface area contributed by atoms with Crippen LogP contribution in [0.3, 0.4) is 0 Å². The highest BCUT2D eigenvalue weighted by Crippen LogP contribution is 2.36. The third-order valence-electron chi connectivity index (χ3n) is 5.51. The topological polar surface area (TPSA) is 33.2 Å². The van der Waals surface area contributed by atoms with Crippen molar-refractivity contribution in [3.8, 4) is 0 Å². The molecule has 2 fully saturated rings. The Labute approximate surface area is 127 Å². The second kappa shape index (κ2) is 5.43. The number of rotatable bonds is 3. The van der Waals surface area contributed by atoms with E-state index in [2.05, 4.69) is 30.7 Å². The number of nitrogens with zero attached hydrogens (tertiary/aromatic N) is 2. The smallest absolute Gasteiger partial charge is 0.254 e. The van der Waals surface area contributed by atoms with E-state index in [9.17, 15) is 4.79 Å². The fourth-order valence-electron chi connectivity index (χ4n) is 3.71. The van der Waals surface area contributed by atoms with Gasteiger partial charge in [-0.1, -0.05) is 20.8 Å². The van der Waals surface area contributed by atoms with Crippen molar-refractivity contribution in [3.05, 3.63) is 29.6 Å². The molecular weight excluding hydrogens is 260 g/mol. The van der Waals surface area contributed by atoms with E-state index in [1.807, 2.05) is 12.1 Å². The van der Waals surface area contributed by atoms with Gasteiger partial charge in [-0.25, -0.2) is 0 Å². The molecule has 1 aromatic heterocycles. The number of hydrogen-bond acceptors (Lipinski definition) is 2. The van der Waals surface area contributed by atoms with Crippen molar-refractivity contribution in [3.63, 3.8) is 0 Å². The largest absolute Gasteiger partial charge is 0.333 e. The molecule has 2 aliphatic heterocycles. The lowest BCUT2D eigenvalue weighted by Gasteiger charge is -2.35. The Kier molecular flexibility index (Phi) is 3.76. The molecule has 0 N–H and O–H groups in total. The van der Waals surface area contributed by atoms with Crippen LogP contribution >= 0.6 is 0 Å². The molecule has 2 saturated heterocycles. The lowest BCUT2D eigenvalue weighted by Crippen LogP contribution is -2.44. The number of carbonyl (C=O) groups excluding carboxylic acids is 1. The van der Waals surface area contributed by atoms with E-state index in [4.69, 9.17) is 0 Å². The minimum Gasteiger partial charge on any atom is -0.333 e. The molecule has 3 rings (SSSR count). The molecule has 21 heavy (non-hydrogen) atoms. The quantitative estimate of drug-likeness (QED) is 0.843. The van der Waals surface area contributed by atoms with Gasteiger partial charge in [0.15, 0.2) is 0 Å². The zero-order chi connectivity index (χ0) is 15.0. The Morgan fingerprint density at radius 3 is 2.57 bits per heavy atom. The highest BCUT2D eigenvalue weighted by molar-refractivity contribution is 5.95. The van der Waals surface area contributed by atoms with E-state index in [0.717, 1.165) is 17.7 Å². The molecule has 0 radical (unpaired) electrons. The van der Waals surface area contributed by atoms with Crippen LogP contribution in [0.1, 0.15) is 75.3 Å². The zero-order valence-corrected chi connectivity index (χ0v) is 13.4. The van der Waals surface area contributed by atoms with Gasteiger partial charge in [-0.2, -0.15) is 0 Å². The summed E-state index contributed by atoms with van der Waals surface area (Å²) < 4.78 is 0. The summed E-state index contributed by atoms with van der Waals surface area (Å²) in [6, 6.07) is 4.85. The van der Waals surface area contributed by atoms with Crippen LogP contribution in [0.5, 0.6) is 0 Å². The monoisotopic (exact) mass is 286 g/mol. The van der Waals surface area contributed by atoms with Crippen LogP contribution in [-0.2, 0) is 5.41 Å². The molecule has 0 aliphatic carbocycles. The molecule has 1 aromatic rings. The highest BCUT2D eigenvalue weighted by Gasteiger charge is 2.39. The molecule has 2 atom stereocenters. The van der Waals surface area contributed by atoms with E-state index in [0.29, 0.717) is 12.1 Å². The number of hydrogen-bond donors (Lipinski definition) is 0. The lowest BCUT2D eigenvalue weighted by molar-refractivity contribution is 0.0595. The second-order valence-electron chi connectivity index (χ2n) is 7.20. The molecule has 0 saturated carbocycles. The Balaban J connectivity index is 1.87. The summed E-state index contributed by atoms with van der Waals surface area (Å²) in [6.07, 6.45) is 8.84. The first-order valence-corrected chi connectivity index (χ1v) is 8.32. The SMILES string of the molecule is CCC(C)(C)c1cc(C(=O)N2C3CCCC2CC3)ccn1. The molecule has 2 aliphatic rings. The van der Waals surface area contributed by atoms with Crippen molar-refractivity contribution in [2.45, 2.75) is 76.8 Å². The second-order valence-corrected chi connectivity index (χ2v) is 7.20. The normalized spacial score (nSPS) is 25.2. The van der Waals surface area contributed by atoms with Gasteiger partial charge in [-0.15, -0.1) is 0 Å². The summed E-state index contributed by atoms with van der Waals surface area (Å²) in [7, 11) is 0. The number of fused-ring (bicyclic) bond motifs is 2. The van der Waals surface area contributed by atoms with Crippen molar-refractivity contribution in [1.82, 2.24) is 9.88 Å². The molecule has 2 unspecified atom stereocenters. The summed E-state index contributed by atoms with van der Waals surface area (Å²) in [5.74, 6) is 0.220. The van der Waals surface area contributed by atoms with Gasteiger partial charge in [0.25, 0.3) is 5.91 Å². The fraction of sp³-hybridized carbons (Fsp3) is 0.667. The number of amides is 1. The lowest BCUT2D eigenvalue weighted by atomic mass is 9.85. The van der Waals surface area contributed by atoms with E-state index in [1.54, 1.807) is 6.20 Å². The Bertz CT molecular complexity index is 522. The van der Waals surface area contributed by atoms with Crippen molar-refractivity contribution in [1.29, 1.82) is 0 Å². The van der Waals surface area contributed by atoms with Crippen LogP contribution < -0.4 is 0 Å². The minimum atomic E-state index is 0.0250. The summed E-state index contributed by atoms with van der Waals surface area (Å²) in [5.41, 5.74) is 1.87. The summed E-state index contributed by atoms with van der Waals surface area (Å²) in [4.78, 5) is 19.6. The minimum absolute atomic E-state index is 0.0250. The maximum absolute atomic E-state index is 12.9. The van der Waals surface area contributed by atoms with Crippen LogP contribution in [-0.4, -0.2) is 27.9 Å². The summed E-state index contributed by atoms with van der Waals surface area (Å²) in [6.45, 7) is 6.55. The molecule has 1 amide bonds. The third kappa shape index (κ3) is 2.58. The van der Waals surface area contributed by atoms with Crippen molar-refractivity contribution >= 4 is 5.91 Å². The molecule has 3 nitrogen and oxygen atoms in total. The first kappa shape index (κ1) is 14.6. The van der Waals surface area contributed by atoms with E-state index in [1.165, 1.54) is 32.1 Å². The number of aromatic nitrogens is 1. The standard InChI is InChI=1S/C18H26N2O/c1-4-18(2,3)16-12-13(10-11-19-16)17(21)20-14-6-5-7-15(20)9-8-14/h10-12,14-15H,4-9H2,1-3H3. The molecule has 114 valence electrons. The van der Waals surface area contributed by atoms with Gasteiger partial charge in [0.05, 0.1) is 0 Å². The first-order chi connectivity index (χ1) is 10.0. The number of pyridine rings is 1. The van der Waals surface area contributed by atoms with Crippen LogP contribution in [0.15, 0.2) is 18.3 Å². The molecule has 0 aromatic carbocycles. The maximum Gasteiger partial charge on any atom is 0.254 e. The van der Waals surface area contributed by atoms with Crippen LogP contribution in [0.25, 0.3) is 0 Å². The van der Waals surface area contributed by atoms with Gasteiger partial charge in [-0.3, -0.25) is 9.78 Å². The van der Waals surface area contributed by atoms with Gasteiger partial charge >= 0.3 is 0 Å². The predicted octanol–water partition coefficient (Wildman–Crippen LogP) is 3.93. The van der Waals surface area contributed by atoms with Crippen LogP contribution in [0, 0.1) is 0 Å². The van der Waals surface area contributed by atoms with E-state index < -0.39 is 0 Å².